The van der Waals surface area contributed by atoms with Gasteiger partial charge in [-0.2, -0.15) is 0 Å². The number of hydrogen-bond donors (Lipinski definition) is 0. The van der Waals surface area contributed by atoms with Crippen molar-refractivity contribution in [3.05, 3.63) is 74.6 Å². The lowest BCUT2D eigenvalue weighted by Crippen LogP contribution is -2.29. The Morgan fingerprint density at radius 2 is 2.00 bits per heavy atom. The number of aryl methyl sites for hydroxylation is 1. The number of aromatic nitrogens is 2. The lowest BCUT2D eigenvalue weighted by Gasteiger charge is -2.23. The van der Waals surface area contributed by atoms with Gasteiger partial charge in [0.05, 0.1) is 30.7 Å². The van der Waals surface area contributed by atoms with Crippen LogP contribution in [0.15, 0.2) is 51.1 Å². The van der Waals surface area contributed by atoms with Gasteiger partial charge in [-0.1, -0.05) is 29.0 Å². The van der Waals surface area contributed by atoms with Gasteiger partial charge in [-0.05, 0) is 43.7 Å². The molecule has 0 saturated heterocycles. The van der Waals surface area contributed by atoms with Crippen LogP contribution in [0.3, 0.4) is 0 Å². The molecule has 1 aliphatic rings. The van der Waals surface area contributed by atoms with Crippen molar-refractivity contribution in [2.24, 2.45) is 0 Å². The van der Waals surface area contributed by atoms with E-state index in [9.17, 15) is 9.59 Å². The number of carbonyl (C=O) groups is 1. The first-order valence-electron chi connectivity index (χ1n) is 10.0. The number of benzene rings is 2. The summed E-state index contributed by atoms with van der Waals surface area (Å²) < 4.78 is 17.1. The number of hydrogen-bond acceptors (Lipinski definition) is 8. The molecule has 1 aliphatic heterocycles. The lowest BCUT2D eigenvalue weighted by molar-refractivity contribution is 0.0970. The van der Waals surface area contributed by atoms with Gasteiger partial charge in [0.2, 0.25) is 10.9 Å². The third-order valence-electron chi connectivity index (χ3n) is 5.38. The number of carbonyl (C=O) groups excluding carboxylic acids is 1. The van der Waals surface area contributed by atoms with Gasteiger partial charge in [-0.15, -0.1) is 10.2 Å². The summed E-state index contributed by atoms with van der Waals surface area (Å²) in [4.78, 5) is 28.5. The molecule has 4 aromatic rings. The fourth-order valence-electron chi connectivity index (χ4n) is 4.00. The van der Waals surface area contributed by atoms with Crippen LogP contribution >= 0.6 is 11.3 Å². The van der Waals surface area contributed by atoms with Crippen LogP contribution in [0.4, 0.5) is 5.13 Å². The van der Waals surface area contributed by atoms with Crippen LogP contribution in [0.2, 0.25) is 0 Å². The van der Waals surface area contributed by atoms with Gasteiger partial charge < -0.3 is 13.9 Å². The molecule has 0 radical (unpaired) electrons. The third kappa shape index (κ3) is 3.04. The van der Waals surface area contributed by atoms with Crippen LogP contribution in [0.1, 0.15) is 40.2 Å². The molecule has 5 rings (SSSR count). The SMILES string of the molecule is CCOc1ccc([C@@H]2c3c(oc4ccc(C)cc4c3=O)C(=O)N2c2nncs2)cc1OC. The minimum absolute atomic E-state index is 0.0133. The second-order valence-electron chi connectivity index (χ2n) is 7.32. The topological polar surface area (TPSA) is 94.8 Å². The molecule has 1 amide bonds. The molecule has 9 heteroatoms. The van der Waals surface area contributed by atoms with Crippen LogP contribution in [0.5, 0.6) is 11.5 Å². The first-order chi connectivity index (χ1) is 15.5. The van der Waals surface area contributed by atoms with Crippen molar-refractivity contribution < 1.29 is 18.7 Å². The van der Waals surface area contributed by atoms with E-state index in [4.69, 9.17) is 13.9 Å². The standard InChI is InChI=1S/C23H19N3O5S/c1-4-30-16-8-6-13(10-17(16)29-3)19-18-20(27)14-9-12(2)5-7-15(14)31-21(18)22(28)26(19)23-25-24-11-32-23/h5-11,19H,4H2,1-3H3/t19-/m1/s1. The Bertz CT molecular complexity index is 1400. The van der Waals surface area contributed by atoms with Crippen LogP contribution in [0.25, 0.3) is 11.0 Å². The molecular formula is C23H19N3O5S. The highest BCUT2D eigenvalue weighted by molar-refractivity contribution is 7.13. The maximum Gasteiger partial charge on any atom is 0.297 e. The van der Waals surface area contributed by atoms with Crippen molar-refractivity contribution in [2.75, 3.05) is 18.6 Å². The summed E-state index contributed by atoms with van der Waals surface area (Å²) in [5, 5.41) is 8.76. The summed E-state index contributed by atoms with van der Waals surface area (Å²) in [6.45, 7) is 4.26. The maximum absolute atomic E-state index is 13.6. The van der Waals surface area contributed by atoms with E-state index in [1.807, 2.05) is 26.0 Å². The number of fused-ring (bicyclic) bond motifs is 2. The summed E-state index contributed by atoms with van der Waals surface area (Å²) >= 11 is 1.21. The van der Waals surface area contributed by atoms with E-state index in [0.29, 0.717) is 39.8 Å². The van der Waals surface area contributed by atoms with Crippen molar-refractivity contribution in [3.63, 3.8) is 0 Å². The molecule has 0 unspecified atom stereocenters. The van der Waals surface area contributed by atoms with Crippen molar-refractivity contribution in [3.8, 4) is 11.5 Å². The normalized spacial score (nSPS) is 15.3. The van der Waals surface area contributed by atoms with E-state index >= 15 is 0 Å². The Labute approximate surface area is 187 Å². The molecule has 1 atom stereocenters. The van der Waals surface area contributed by atoms with Crippen molar-refractivity contribution >= 4 is 33.3 Å². The quantitative estimate of drug-likeness (QED) is 0.452. The molecule has 32 heavy (non-hydrogen) atoms. The molecule has 0 spiro atoms. The highest BCUT2D eigenvalue weighted by Gasteiger charge is 2.45. The second-order valence-corrected chi connectivity index (χ2v) is 8.13. The van der Waals surface area contributed by atoms with E-state index in [2.05, 4.69) is 10.2 Å². The molecule has 8 nitrogen and oxygen atoms in total. The van der Waals surface area contributed by atoms with Crippen LogP contribution in [0, 0.1) is 6.92 Å². The average molecular weight is 449 g/mol. The minimum atomic E-state index is -0.740. The minimum Gasteiger partial charge on any atom is -0.493 e. The summed E-state index contributed by atoms with van der Waals surface area (Å²) in [7, 11) is 1.54. The van der Waals surface area contributed by atoms with Gasteiger partial charge in [0.1, 0.15) is 11.1 Å². The zero-order valence-electron chi connectivity index (χ0n) is 17.6. The average Bonchev–Trinajstić information content (AvgIpc) is 3.41. The Morgan fingerprint density at radius 3 is 2.72 bits per heavy atom. The monoisotopic (exact) mass is 449 g/mol. The number of methoxy groups -OCH3 is 1. The van der Waals surface area contributed by atoms with Crippen molar-refractivity contribution in [2.45, 2.75) is 19.9 Å². The van der Waals surface area contributed by atoms with Crippen LogP contribution < -0.4 is 19.8 Å². The highest BCUT2D eigenvalue weighted by Crippen LogP contribution is 2.43. The molecule has 0 saturated carbocycles. The largest absolute Gasteiger partial charge is 0.493 e. The van der Waals surface area contributed by atoms with Gasteiger partial charge in [-0.3, -0.25) is 14.5 Å². The summed E-state index contributed by atoms with van der Waals surface area (Å²) in [5.74, 6) is 0.656. The Kier molecular flexibility index (Phi) is 4.90. The molecule has 0 fully saturated rings. The summed E-state index contributed by atoms with van der Waals surface area (Å²) in [6, 6.07) is 9.94. The number of ether oxygens (including phenoxy) is 2. The fourth-order valence-corrected chi connectivity index (χ4v) is 4.59. The molecule has 162 valence electrons. The van der Waals surface area contributed by atoms with E-state index < -0.39 is 11.9 Å². The smallest absolute Gasteiger partial charge is 0.297 e. The number of anilines is 1. The summed E-state index contributed by atoms with van der Waals surface area (Å²) in [5.41, 5.74) is 3.53. The van der Waals surface area contributed by atoms with E-state index in [0.717, 1.165) is 5.56 Å². The van der Waals surface area contributed by atoms with Gasteiger partial charge in [-0.25, -0.2) is 0 Å². The van der Waals surface area contributed by atoms with Gasteiger partial charge >= 0.3 is 0 Å². The summed E-state index contributed by atoms with van der Waals surface area (Å²) in [6.07, 6.45) is 0. The zero-order valence-corrected chi connectivity index (χ0v) is 18.4. The number of rotatable bonds is 5. The zero-order chi connectivity index (χ0) is 22.4. The Morgan fingerprint density at radius 1 is 1.16 bits per heavy atom. The third-order valence-corrected chi connectivity index (χ3v) is 6.07. The predicted octanol–water partition coefficient (Wildman–Crippen LogP) is 4.11. The van der Waals surface area contributed by atoms with Crippen LogP contribution in [-0.4, -0.2) is 29.8 Å². The number of nitrogens with zero attached hydrogens (tertiary/aromatic N) is 3. The first kappa shape index (κ1) is 20.2. The number of amides is 1. The fraction of sp³-hybridized carbons (Fsp3) is 0.217. The van der Waals surface area contributed by atoms with E-state index in [1.54, 1.807) is 31.4 Å². The molecule has 2 aromatic heterocycles. The molecule has 3 heterocycles. The molecule has 0 aliphatic carbocycles. The predicted molar refractivity (Wildman–Crippen MR) is 120 cm³/mol. The van der Waals surface area contributed by atoms with Gasteiger partial charge in [0.15, 0.2) is 16.9 Å². The van der Waals surface area contributed by atoms with E-state index in [-0.39, 0.29) is 16.8 Å². The highest BCUT2D eigenvalue weighted by atomic mass is 32.1. The molecule has 2 aromatic carbocycles. The maximum atomic E-state index is 13.6. The second kappa shape index (κ2) is 7.76. The molecular weight excluding hydrogens is 430 g/mol. The lowest BCUT2D eigenvalue weighted by atomic mass is 9.98. The van der Waals surface area contributed by atoms with Crippen LogP contribution in [-0.2, 0) is 0 Å². The van der Waals surface area contributed by atoms with Crippen molar-refractivity contribution in [1.82, 2.24) is 10.2 Å². The van der Waals surface area contributed by atoms with Gasteiger partial charge in [0.25, 0.3) is 5.91 Å². The molecule has 0 bridgehead atoms. The Hall–Kier alpha value is -3.72. The van der Waals surface area contributed by atoms with Gasteiger partial charge in [0, 0.05) is 0 Å². The first-order valence-corrected chi connectivity index (χ1v) is 10.9. The van der Waals surface area contributed by atoms with E-state index in [1.165, 1.54) is 21.7 Å². The Balaban J connectivity index is 1.78. The van der Waals surface area contributed by atoms with Crippen molar-refractivity contribution in [1.29, 1.82) is 0 Å². The molecule has 0 N–H and O–H groups in total.